The van der Waals surface area contributed by atoms with Gasteiger partial charge in [0, 0.05) is 38.5 Å². The second kappa shape index (κ2) is 9.26. The summed E-state index contributed by atoms with van der Waals surface area (Å²) >= 11 is 0. The number of piperidine rings is 1. The van der Waals surface area contributed by atoms with E-state index < -0.39 is 0 Å². The van der Waals surface area contributed by atoms with Crippen molar-refractivity contribution in [3.8, 4) is 0 Å². The van der Waals surface area contributed by atoms with Crippen molar-refractivity contribution in [1.29, 1.82) is 0 Å². The number of nitrogens with zero attached hydrogens (tertiary/aromatic N) is 4. The van der Waals surface area contributed by atoms with Gasteiger partial charge in [-0.25, -0.2) is 0 Å². The lowest BCUT2D eigenvalue weighted by atomic mass is 9.80. The lowest BCUT2D eigenvalue weighted by molar-refractivity contribution is -0.132. The van der Waals surface area contributed by atoms with E-state index in [2.05, 4.69) is 58.2 Å². The monoisotopic (exact) mass is 417 g/mol. The van der Waals surface area contributed by atoms with E-state index in [4.69, 9.17) is 0 Å². The van der Waals surface area contributed by atoms with Gasteiger partial charge in [-0.05, 0) is 30.2 Å². The minimum absolute atomic E-state index is 0. The number of halogens is 1. The fraction of sp³-hybridized carbons (Fsp3) is 0.591. The Morgan fingerprint density at radius 1 is 1.14 bits per heavy atom. The van der Waals surface area contributed by atoms with Gasteiger partial charge < -0.3 is 14.8 Å². The van der Waals surface area contributed by atoms with Crippen molar-refractivity contribution < 1.29 is 4.79 Å². The highest BCUT2D eigenvalue weighted by molar-refractivity contribution is 5.85. The molecule has 0 spiro atoms. The maximum atomic E-state index is 12.8. The molecule has 3 heterocycles. The Morgan fingerprint density at radius 3 is 2.59 bits per heavy atom. The van der Waals surface area contributed by atoms with E-state index >= 15 is 0 Å². The van der Waals surface area contributed by atoms with Crippen LogP contribution in [0.5, 0.6) is 0 Å². The largest absolute Gasteiger partial charge is 0.343 e. The molecule has 6 nitrogen and oxygen atoms in total. The van der Waals surface area contributed by atoms with E-state index in [1.165, 1.54) is 5.56 Å². The molecule has 0 saturated carbocycles. The van der Waals surface area contributed by atoms with Crippen LogP contribution < -0.4 is 5.32 Å². The lowest BCUT2D eigenvalue weighted by Crippen LogP contribution is -2.39. The molecule has 0 aliphatic carbocycles. The van der Waals surface area contributed by atoms with Crippen molar-refractivity contribution in [2.45, 2.75) is 64.0 Å². The highest BCUT2D eigenvalue weighted by Crippen LogP contribution is 2.31. The predicted octanol–water partition coefficient (Wildman–Crippen LogP) is 3.27. The van der Waals surface area contributed by atoms with E-state index in [0.717, 1.165) is 63.6 Å². The Labute approximate surface area is 179 Å². The van der Waals surface area contributed by atoms with Crippen molar-refractivity contribution in [2.24, 2.45) is 0 Å². The summed E-state index contributed by atoms with van der Waals surface area (Å²) in [5.74, 6) is 2.87. The lowest BCUT2D eigenvalue weighted by Gasteiger charge is -2.33. The maximum Gasteiger partial charge on any atom is 0.222 e. The molecule has 2 aliphatic heterocycles. The Balaban J connectivity index is 0.00000240. The number of benzene rings is 1. The normalized spacial score (nSPS) is 17.5. The number of likely N-dealkylation sites (tertiary alicyclic amines) is 1. The van der Waals surface area contributed by atoms with Gasteiger partial charge in [-0.2, -0.15) is 0 Å². The van der Waals surface area contributed by atoms with Crippen LogP contribution in [0.4, 0.5) is 0 Å². The van der Waals surface area contributed by atoms with Gasteiger partial charge in [0.2, 0.25) is 5.91 Å². The van der Waals surface area contributed by atoms with Gasteiger partial charge in [0.1, 0.15) is 11.6 Å². The van der Waals surface area contributed by atoms with E-state index in [-0.39, 0.29) is 23.7 Å². The third kappa shape index (κ3) is 4.81. The second-order valence-corrected chi connectivity index (χ2v) is 8.71. The minimum atomic E-state index is 0. The molecule has 2 aromatic rings. The number of carbonyl (C=O) groups is 1. The summed E-state index contributed by atoms with van der Waals surface area (Å²) in [6, 6.07) is 10.5. The molecular formula is C22H32ClN5O. The summed E-state index contributed by atoms with van der Waals surface area (Å²) in [6.07, 6.45) is 3.46. The Morgan fingerprint density at radius 2 is 1.86 bits per heavy atom. The van der Waals surface area contributed by atoms with Crippen molar-refractivity contribution in [1.82, 2.24) is 25.0 Å². The van der Waals surface area contributed by atoms with E-state index in [0.29, 0.717) is 12.3 Å². The molecule has 1 aromatic carbocycles. The molecule has 1 saturated heterocycles. The van der Waals surface area contributed by atoms with Gasteiger partial charge in [0.05, 0.1) is 6.54 Å². The van der Waals surface area contributed by atoms with Gasteiger partial charge in [-0.3, -0.25) is 4.79 Å². The van der Waals surface area contributed by atoms with Crippen molar-refractivity contribution >= 4 is 18.3 Å². The molecule has 0 unspecified atom stereocenters. The number of hydrogen-bond donors (Lipinski definition) is 1. The Bertz CT molecular complexity index is 812. The van der Waals surface area contributed by atoms with Gasteiger partial charge in [0.25, 0.3) is 0 Å². The second-order valence-electron chi connectivity index (χ2n) is 8.71. The SMILES string of the molecule is CC(C)(CCC(=O)N1CCC(c2nnc3n2CCNC3)CC1)c1ccccc1.Cl. The number of aromatic nitrogens is 3. The van der Waals surface area contributed by atoms with Gasteiger partial charge >= 0.3 is 0 Å². The average molecular weight is 418 g/mol. The molecule has 1 aromatic heterocycles. The number of rotatable bonds is 5. The summed E-state index contributed by atoms with van der Waals surface area (Å²) < 4.78 is 2.28. The van der Waals surface area contributed by atoms with Crippen LogP contribution in [0.15, 0.2) is 30.3 Å². The quantitative estimate of drug-likeness (QED) is 0.810. The molecular weight excluding hydrogens is 386 g/mol. The van der Waals surface area contributed by atoms with Crippen molar-refractivity contribution in [2.75, 3.05) is 19.6 Å². The molecule has 1 amide bonds. The van der Waals surface area contributed by atoms with Crippen LogP contribution in [0.1, 0.15) is 62.7 Å². The maximum absolute atomic E-state index is 12.8. The van der Waals surface area contributed by atoms with Crippen LogP contribution in [-0.4, -0.2) is 45.2 Å². The predicted molar refractivity (Wildman–Crippen MR) is 116 cm³/mol. The highest BCUT2D eigenvalue weighted by atomic mass is 35.5. The van der Waals surface area contributed by atoms with Crippen LogP contribution in [0.3, 0.4) is 0 Å². The van der Waals surface area contributed by atoms with E-state index in [1.54, 1.807) is 0 Å². The first kappa shape index (κ1) is 21.8. The first-order chi connectivity index (χ1) is 13.5. The zero-order valence-corrected chi connectivity index (χ0v) is 18.2. The Kier molecular flexibility index (Phi) is 6.96. The molecule has 0 atom stereocenters. The average Bonchev–Trinajstić information content (AvgIpc) is 3.17. The topological polar surface area (TPSA) is 63.1 Å². The summed E-state index contributed by atoms with van der Waals surface area (Å²) in [4.78, 5) is 14.8. The fourth-order valence-electron chi connectivity index (χ4n) is 4.41. The third-order valence-electron chi connectivity index (χ3n) is 6.38. The van der Waals surface area contributed by atoms with Gasteiger partial charge in [-0.15, -0.1) is 22.6 Å². The van der Waals surface area contributed by atoms with Crippen LogP contribution in [0.25, 0.3) is 0 Å². The zero-order valence-electron chi connectivity index (χ0n) is 17.4. The molecule has 2 aliphatic rings. The Hall–Kier alpha value is -1.92. The molecule has 0 bridgehead atoms. The first-order valence-corrected chi connectivity index (χ1v) is 10.5. The molecule has 29 heavy (non-hydrogen) atoms. The number of fused-ring (bicyclic) bond motifs is 1. The molecule has 158 valence electrons. The summed E-state index contributed by atoms with van der Waals surface area (Å²) in [6.45, 7) is 8.85. The molecule has 1 fully saturated rings. The van der Waals surface area contributed by atoms with Crippen molar-refractivity contribution in [3.63, 3.8) is 0 Å². The fourth-order valence-corrected chi connectivity index (χ4v) is 4.41. The highest BCUT2D eigenvalue weighted by Gasteiger charge is 2.29. The zero-order chi connectivity index (χ0) is 19.6. The van der Waals surface area contributed by atoms with Crippen LogP contribution in [0.2, 0.25) is 0 Å². The number of hydrogen-bond acceptors (Lipinski definition) is 4. The summed E-state index contributed by atoms with van der Waals surface area (Å²) in [5.41, 5.74) is 1.32. The van der Waals surface area contributed by atoms with Gasteiger partial charge in [0.15, 0.2) is 0 Å². The number of carbonyl (C=O) groups excluding carboxylic acids is 1. The van der Waals surface area contributed by atoms with E-state index in [1.807, 2.05) is 11.0 Å². The van der Waals surface area contributed by atoms with Gasteiger partial charge in [-0.1, -0.05) is 44.2 Å². The van der Waals surface area contributed by atoms with Crippen molar-refractivity contribution in [3.05, 3.63) is 47.5 Å². The molecule has 0 radical (unpaired) electrons. The smallest absolute Gasteiger partial charge is 0.222 e. The number of amides is 1. The number of nitrogens with one attached hydrogen (secondary N) is 1. The summed E-state index contributed by atoms with van der Waals surface area (Å²) in [7, 11) is 0. The van der Waals surface area contributed by atoms with E-state index in [9.17, 15) is 4.79 Å². The third-order valence-corrected chi connectivity index (χ3v) is 6.38. The first-order valence-electron chi connectivity index (χ1n) is 10.5. The van der Waals surface area contributed by atoms with Crippen LogP contribution in [-0.2, 0) is 23.3 Å². The molecule has 4 rings (SSSR count). The molecule has 7 heteroatoms. The molecule has 1 N–H and O–H groups in total. The van der Waals surface area contributed by atoms with Crippen LogP contribution >= 0.6 is 12.4 Å². The summed E-state index contributed by atoms with van der Waals surface area (Å²) in [5, 5.41) is 12.1. The minimum Gasteiger partial charge on any atom is -0.343 e. The van der Waals surface area contributed by atoms with Crippen LogP contribution in [0, 0.1) is 0 Å². The standard InChI is InChI=1S/C22H31N5O.ClH/c1-22(2,18-6-4-3-5-7-18)11-8-20(28)26-13-9-17(10-14-26)21-25-24-19-16-23-12-15-27(19)21;/h3-7,17,23H,8-16H2,1-2H3;1H.